The molecule has 0 fully saturated rings. The fraction of sp³-hybridized carbons (Fsp3) is 0.100. The van der Waals surface area contributed by atoms with E-state index in [1.54, 1.807) is 6.07 Å². The number of hydrogen-bond donors (Lipinski definition) is 2. The van der Waals surface area contributed by atoms with Gasteiger partial charge in [0.2, 0.25) is 0 Å². The number of benzene rings is 1. The van der Waals surface area contributed by atoms with Crippen LogP contribution in [0.4, 0.5) is 0 Å². The smallest absolute Gasteiger partial charge is 0.335 e. The lowest BCUT2D eigenvalue weighted by Gasteiger charge is -1.92. The van der Waals surface area contributed by atoms with Crippen LogP contribution in [0.5, 0.6) is 0 Å². The molecule has 0 saturated carbocycles. The zero-order valence-electron chi connectivity index (χ0n) is 8.10. The maximum absolute atomic E-state index is 10.7. The molecule has 16 heavy (non-hydrogen) atoms. The highest BCUT2D eigenvalue weighted by atomic mass is 32.2. The molecule has 0 aliphatic heterocycles. The van der Waals surface area contributed by atoms with E-state index in [1.807, 2.05) is 6.07 Å². The van der Waals surface area contributed by atoms with Crippen molar-refractivity contribution in [3.05, 3.63) is 23.8 Å². The number of carboxylic acid groups (broad SMARTS) is 1. The van der Waals surface area contributed by atoms with Crippen molar-refractivity contribution in [2.24, 2.45) is 0 Å². The highest BCUT2D eigenvalue weighted by Crippen LogP contribution is 2.20. The van der Waals surface area contributed by atoms with Crippen LogP contribution in [0.25, 0.3) is 11.0 Å². The van der Waals surface area contributed by atoms with Crippen LogP contribution in [0, 0.1) is 11.3 Å². The van der Waals surface area contributed by atoms with E-state index in [2.05, 4.69) is 9.97 Å². The summed E-state index contributed by atoms with van der Waals surface area (Å²) in [5.74, 6) is -0.659. The van der Waals surface area contributed by atoms with Gasteiger partial charge < -0.3 is 10.1 Å². The van der Waals surface area contributed by atoms with Crippen molar-refractivity contribution < 1.29 is 9.90 Å². The molecule has 0 aliphatic carbocycles. The summed E-state index contributed by atoms with van der Waals surface area (Å²) in [6.07, 6.45) is 0. The van der Waals surface area contributed by atoms with Gasteiger partial charge >= 0.3 is 5.97 Å². The summed E-state index contributed by atoms with van der Waals surface area (Å²) >= 11 is 1.29. The fourth-order valence-corrected chi connectivity index (χ4v) is 1.83. The average molecular weight is 233 g/mol. The van der Waals surface area contributed by atoms with Crippen molar-refractivity contribution in [1.29, 1.82) is 5.26 Å². The summed E-state index contributed by atoms with van der Waals surface area (Å²) < 4.78 is 0. The van der Waals surface area contributed by atoms with Crippen LogP contribution in [0.15, 0.2) is 23.4 Å². The number of aromatic carboxylic acids is 1. The number of carbonyl (C=O) groups is 1. The third-order valence-electron chi connectivity index (χ3n) is 1.98. The van der Waals surface area contributed by atoms with Gasteiger partial charge in [-0.3, -0.25) is 0 Å². The van der Waals surface area contributed by atoms with Crippen molar-refractivity contribution in [3.63, 3.8) is 0 Å². The molecule has 0 aliphatic rings. The van der Waals surface area contributed by atoms with Gasteiger partial charge in [0.15, 0.2) is 5.16 Å². The number of hydrogen-bond acceptors (Lipinski definition) is 4. The normalized spacial score (nSPS) is 10.2. The molecule has 2 aromatic rings. The maximum Gasteiger partial charge on any atom is 0.335 e. The predicted octanol–water partition coefficient (Wildman–Crippen LogP) is 1.88. The lowest BCUT2D eigenvalue weighted by molar-refractivity contribution is 0.0697. The van der Waals surface area contributed by atoms with Gasteiger partial charge in [-0.2, -0.15) is 5.26 Å². The van der Waals surface area contributed by atoms with Crippen LogP contribution in [0.3, 0.4) is 0 Å². The number of aromatic amines is 1. The van der Waals surface area contributed by atoms with Crippen molar-refractivity contribution in [2.45, 2.75) is 5.16 Å². The number of carboxylic acids is 1. The first kappa shape index (κ1) is 10.5. The van der Waals surface area contributed by atoms with Gasteiger partial charge in [0, 0.05) is 0 Å². The Morgan fingerprint density at radius 2 is 2.44 bits per heavy atom. The highest BCUT2D eigenvalue weighted by molar-refractivity contribution is 7.99. The Morgan fingerprint density at radius 3 is 3.12 bits per heavy atom. The zero-order chi connectivity index (χ0) is 11.5. The molecular formula is C10H7N3O2S. The maximum atomic E-state index is 10.7. The van der Waals surface area contributed by atoms with Gasteiger partial charge in [-0.25, -0.2) is 9.78 Å². The molecule has 0 atom stereocenters. The lowest BCUT2D eigenvalue weighted by atomic mass is 10.2. The average Bonchev–Trinajstić information content (AvgIpc) is 2.67. The first-order valence-electron chi connectivity index (χ1n) is 4.43. The number of fused-ring (bicyclic) bond motifs is 1. The Kier molecular flexibility index (Phi) is 2.79. The molecule has 80 valence electrons. The third-order valence-corrected chi connectivity index (χ3v) is 2.72. The van der Waals surface area contributed by atoms with Gasteiger partial charge in [0.25, 0.3) is 0 Å². The quantitative estimate of drug-likeness (QED) is 0.790. The van der Waals surface area contributed by atoms with Crippen LogP contribution < -0.4 is 0 Å². The Morgan fingerprint density at radius 1 is 1.62 bits per heavy atom. The van der Waals surface area contributed by atoms with Crippen molar-refractivity contribution in [1.82, 2.24) is 9.97 Å². The van der Waals surface area contributed by atoms with E-state index in [1.165, 1.54) is 23.9 Å². The number of imidazole rings is 1. The molecule has 2 rings (SSSR count). The van der Waals surface area contributed by atoms with Crippen molar-refractivity contribution >= 4 is 28.8 Å². The first-order valence-corrected chi connectivity index (χ1v) is 5.42. The van der Waals surface area contributed by atoms with Gasteiger partial charge in [0.05, 0.1) is 28.4 Å². The summed E-state index contributed by atoms with van der Waals surface area (Å²) in [4.78, 5) is 17.9. The number of nitrogens with zero attached hydrogens (tertiary/aromatic N) is 2. The summed E-state index contributed by atoms with van der Waals surface area (Å²) in [7, 11) is 0. The summed E-state index contributed by atoms with van der Waals surface area (Å²) in [6.45, 7) is 0. The second kappa shape index (κ2) is 4.24. The van der Waals surface area contributed by atoms with Gasteiger partial charge in [-0.1, -0.05) is 11.8 Å². The minimum absolute atomic E-state index is 0.216. The number of thioether (sulfide) groups is 1. The van der Waals surface area contributed by atoms with E-state index < -0.39 is 5.97 Å². The molecule has 5 nitrogen and oxygen atoms in total. The second-order valence-electron chi connectivity index (χ2n) is 3.03. The van der Waals surface area contributed by atoms with Gasteiger partial charge in [0.1, 0.15) is 0 Å². The summed E-state index contributed by atoms with van der Waals surface area (Å²) in [5, 5.41) is 17.9. The minimum Gasteiger partial charge on any atom is -0.478 e. The van der Waals surface area contributed by atoms with E-state index in [-0.39, 0.29) is 5.56 Å². The number of nitriles is 1. The zero-order valence-corrected chi connectivity index (χ0v) is 8.91. The molecule has 6 heteroatoms. The van der Waals surface area contributed by atoms with Crippen LogP contribution in [0.1, 0.15) is 10.4 Å². The van der Waals surface area contributed by atoms with Gasteiger partial charge in [-0.15, -0.1) is 0 Å². The number of aromatic nitrogens is 2. The Balaban J connectivity index is 2.39. The molecule has 0 radical (unpaired) electrons. The van der Waals surface area contributed by atoms with Crippen LogP contribution >= 0.6 is 11.8 Å². The van der Waals surface area contributed by atoms with E-state index in [4.69, 9.17) is 10.4 Å². The Hall–Kier alpha value is -2.00. The second-order valence-corrected chi connectivity index (χ2v) is 3.99. The SMILES string of the molecule is N#CCSc1nc2ccc(C(=O)O)cc2[nH]1. The molecule has 0 saturated heterocycles. The molecule has 2 N–H and O–H groups in total. The third kappa shape index (κ3) is 1.99. The highest BCUT2D eigenvalue weighted by Gasteiger charge is 2.07. The van der Waals surface area contributed by atoms with Crippen LogP contribution in [0.2, 0.25) is 0 Å². The monoisotopic (exact) mass is 233 g/mol. The van der Waals surface area contributed by atoms with E-state index >= 15 is 0 Å². The predicted molar refractivity (Wildman–Crippen MR) is 59.4 cm³/mol. The Labute approximate surface area is 95.1 Å². The van der Waals surface area contributed by atoms with Crippen LogP contribution in [-0.2, 0) is 0 Å². The molecule has 1 aromatic heterocycles. The van der Waals surface area contributed by atoms with E-state index in [0.29, 0.717) is 21.9 Å². The van der Waals surface area contributed by atoms with Crippen molar-refractivity contribution in [3.8, 4) is 6.07 Å². The number of rotatable bonds is 3. The lowest BCUT2D eigenvalue weighted by Crippen LogP contribution is -1.94. The molecule has 0 bridgehead atoms. The molecule has 0 amide bonds. The van der Waals surface area contributed by atoms with Gasteiger partial charge in [-0.05, 0) is 18.2 Å². The summed E-state index contributed by atoms with van der Waals surface area (Å²) in [6, 6.07) is 6.68. The summed E-state index contributed by atoms with van der Waals surface area (Å²) in [5.41, 5.74) is 1.58. The number of nitrogens with one attached hydrogen (secondary N) is 1. The van der Waals surface area contributed by atoms with Crippen LogP contribution in [-0.4, -0.2) is 26.8 Å². The minimum atomic E-state index is -0.970. The van der Waals surface area contributed by atoms with E-state index in [0.717, 1.165) is 0 Å². The Bertz CT molecular complexity index is 585. The standard InChI is InChI=1S/C10H7N3O2S/c11-3-4-16-10-12-7-2-1-6(9(14)15)5-8(7)13-10/h1-2,5H,4H2,(H,12,13)(H,14,15). The topological polar surface area (TPSA) is 89.8 Å². The van der Waals surface area contributed by atoms with Crippen molar-refractivity contribution in [2.75, 3.05) is 5.75 Å². The molecule has 0 unspecified atom stereocenters. The molecule has 1 heterocycles. The molecular weight excluding hydrogens is 226 g/mol. The fourth-order valence-electron chi connectivity index (χ4n) is 1.29. The number of H-pyrrole nitrogens is 1. The largest absolute Gasteiger partial charge is 0.478 e. The first-order chi connectivity index (χ1) is 7.70. The molecule has 1 aromatic carbocycles. The molecule has 0 spiro atoms. The van der Waals surface area contributed by atoms with E-state index in [9.17, 15) is 4.79 Å².